The van der Waals surface area contributed by atoms with Crippen molar-refractivity contribution in [3.05, 3.63) is 40.5 Å². The van der Waals surface area contributed by atoms with Crippen LogP contribution >= 0.6 is 15.9 Å². The summed E-state index contributed by atoms with van der Waals surface area (Å²) in [6, 6.07) is 6.18. The van der Waals surface area contributed by atoms with Crippen LogP contribution in [0.2, 0.25) is 0 Å². The average molecular weight is 251 g/mol. The number of aromatic amines is 1. The van der Waals surface area contributed by atoms with E-state index in [1.165, 1.54) is 10.9 Å². The van der Waals surface area contributed by atoms with E-state index in [0.717, 1.165) is 9.99 Å². The number of halogens is 1. The zero-order valence-corrected chi connectivity index (χ0v) is 9.21. The molecule has 0 atom stereocenters. The van der Waals surface area contributed by atoms with Gasteiger partial charge >= 0.3 is 0 Å². The van der Waals surface area contributed by atoms with Crippen molar-refractivity contribution < 1.29 is 0 Å². The fourth-order valence-corrected chi connectivity index (χ4v) is 1.92. The van der Waals surface area contributed by atoms with Crippen LogP contribution in [0.15, 0.2) is 34.9 Å². The number of hydrogen-bond acceptors (Lipinski definition) is 1. The van der Waals surface area contributed by atoms with E-state index in [1.54, 1.807) is 0 Å². The van der Waals surface area contributed by atoms with Crippen molar-refractivity contribution in [2.24, 2.45) is 5.73 Å². The standard InChI is InChI=1S/C11H11BrN2/c12-10-7-14-11-8(4-2-6-13)3-1-5-9(10)11/h1-5,7,14H,6,13H2/b4-2+. The number of nitrogens with two attached hydrogens (primary N) is 1. The lowest BCUT2D eigenvalue weighted by Gasteiger charge is -1.96. The minimum absolute atomic E-state index is 0.568. The predicted octanol–water partition coefficient (Wildman–Crippen LogP) is 2.90. The monoisotopic (exact) mass is 250 g/mol. The Hall–Kier alpha value is -1.06. The molecule has 0 aliphatic heterocycles. The molecule has 0 aliphatic rings. The summed E-state index contributed by atoms with van der Waals surface area (Å²) >= 11 is 3.49. The highest BCUT2D eigenvalue weighted by Crippen LogP contribution is 2.26. The highest BCUT2D eigenvalue weighted by Gasteiger charge is 2.02. The molecule has 14 heavy (non-hydrogen) atoms. The van der Waals surface area contributed by atoms with Crippen LogP contribution in [-0.4, -0.2) is 11.5 Å². The number of rotatable bonds is 2. The number of nitrogens with one attached hydrogen (secondary N) is 1. The van der Waals surface area contributed by atoms with E-state index in [-0.39, 0.29) is 0 Å². The normalized spacial score (nSPS) is 11.6. The number of H-pyrrole nitrogens is 1. The molecular weight excluding hydrogens is 240 g/mol. The minimum Gasteiger partial charge on any atom is -0.360 e. The van der Waals surface area contributed by atoms with Crippen LogP contribution in [0.4, 0.5) is 0 Å². The summed E-state index contributed by atoms with van der Waals surface area (Å²) in [6.45, 7) is 0.568. The molecule has 2 nitrogen and oxygen atoms in total. The van der Waals surface area contributed by atoms with Crippen molar-refractivity contribution in [1.82, 2.24) is 4.98 Å². The molecule has 0 saturated carbocycles. The van der Waals surface area contributed by atoms with Gasteiger partial charge < -0.3 is 10.7 Å². The molecule has 0 saturated heterocycles. The summed E-state index contributed by atoms with van der Waals surface area (Å²) in [5, 5.41) is 1.20. The maximum absolute atomic E-state index is 5.42. The molecule has 1 aromatic carbocycles. The molecule has 2 aromatic rings. The molecule has 0 radical (unpaired) electrons. The Morgan fingerprint density at radius 2 is 2.29 bits per heavy atom. The van der Waals surface area contributed by atoms with E-state index in [4.69, 9.17) is 5.73 Å². The topological polar surface area (TPSA) is 41.8 Å². The third kappa shape index (κ3) is 1.61. The Labute approximate surface area is 90.9 Å². The molecule has 0 amide bonds. The van der Waals surface area contributed by atoms with E-state index in [9.17, 15) is 0 Å². The molecule has 0 unspecified atom stereocenters. The first-order valence-electron chi connectivity index (χ1n) is 4.45. The maximum Gasteiger partial charge on any atom is 0.0539 e. The van der Waals surface area contributed by atoms with Gasteiger partial charge in [-0.1, -0.05) is 30.4 Å². The summed E-state index contributed by atoms with van der Waals surface area (Å²) in [5.41, 5.74) is 7.73. The number of benzene rings is 1. The smallest absolute Gasteiger partial charge is 0.0539 e. The van der Waals surface area contributed by atoms with Crippen LogP contribution in [0, 0.1) is 0 Å². The lowest BCUT2D eigenvalue weighted by Crippen LogP contribution is -1.92. The van der Waals surface area contributed by atoms with E-state index in [2.05, 4.69) is 33.0 Å². The van der Waals surface area contributed by atoms with E-state index >= 15 is 0 Å². The van der Waals surface area contributed by atoms with Gasteiger partial charge in [-0.05, 0) is 21.5 Å². The third-order valence-electron chi connectivity index (χ3n) is 2.13. The van der Waals surface area contributed by atoms with Crippen molar-refractivity contribution >= 4 is 32.9 Å². The van der Waals surface area contributed by atoms with Gasteiger partial charge in [-0.2, -0.15) is 0 Å². The number of fused-ring (bicyclic) bond motifs is 1. The predicted molar refractivity (Wildman–Crippen MR) is 64.1 cm³/mol. The summed E-state index contributed by atoms with van der Waals surface area (Å²) in [4.78, 5) is 3.23. The number of para-hydroxylation sites is 1. The highest BCUT2D eigenvalue weighted by molar-refractivity contribution is 9.10. The van der Waals surface area contributed by atoms with Crippen molar-refractivity contribution in [1.29, 1.82) is 0 Å². The van der Waals surface area contributed by atoms with Gasteiger partial charge in [0.2, 0.25) is 0 Å². The molecule has 1 aromatic heterocycles. The molecule has 0 fully saturated rings. The maximum atomic E-state index is 5.42. The Kier molecular flexibility index (Phi) is 2.70. The minimum atomic E-state index is 0.568. The van der Waals surface area contributed by atoms with Crippen LogP contribution in [0.1, 0.15) is 5.56 Å². The van der Waals surface area contributed by atoms with Crippen LogP contribution < -0.4 is 5.73 Å². The van der Waals surface area contributed by atoms with Crippen molar-refractivity contribution in [2.45, 2.75) is 0 Å². The molecule has 0 aliphatic carbocycles. The van der Waals surface area contributed by atoms with E-state index in [1.807, 2.05) is 24.4 Å². The number of hydrogen-bond donors (Lipinski definition) is 2. The van der Waals surface area contributed by atoms with Crippen molar-refractivity contribution in [3.63, 3.8) is 0 Å². The summed E-state index contributed by atoms with van der Waals surface area (Å²) in [5.74, 6) is 0. The molecule has 3 heteroatoms. The fourth-order valence-electron chi connectivity index (χ4n) is 1.48. The lowest BCUT2D eigenvalue weighted by atomic mass is 10.1. The zero-order valence-electron chi connectivity index (χ0n) is 7.63. The highest BCUT2D eigenvalue weighted by atomic mass is 79.9. The molecule has 3 N–H and O–H groups in total. The Balaban J connectivity index is 2.60. The van der Waals surface area contributed by atoms with E-state index in [0.29, 0.717) is 6.54 Å². The average Bonchev–Trinajstić information content (AvgIpc) is 2.58. The second-order valence-electron chi connectivity index (χ2n) is 3.04. The first kappa shape index (κ1) is 9.49. The van der Waals surface area contributed by atoms with Gasteiger partial charge in [0.05, 0.1) is 5.52 Å². The fraction of sp³-hybridized carbons (Fsp3) is 0.0909. The Morgan fingerprint density at radius 3 is 3.07 bits per heavy atom. The van der Waals surface area contributed by atoms with Gasteiger partial charge in [-0.25, -0.2) is 0 Å². The molecule has 2 rings (SSSR count). The van der Waals surface area contributed by atoms with Crippen LogP contribution in [0.5, 0.6) is 0 Å². The SMILES string of the molecule is NC/C=C/c1cccc2c(Br)c[nH]c12. The molecule has 0 bridgehead atoms. The Morgan fingerprint density at radius 1 is 1.43 bits per heavy atom. The molecule has 72 valence electrons. The summed E-state index contributed by atoms with van der Waals surface area (Å²) in [6.07, 6.45) is 5.93. The van der Waals surface area contributed by atoms with E-state index < -0.39 is 0 Å². The molecule has 1 heterocycles. The Bertz CT molecular complexity index is 471. The van der Waals surface area contributed by atoms with Gasteiger partial charge in [-0.3, -0.25) is 0 Å². The quantitative estimate of drug-likeness (QED) is 0.846. The van der Waals surface area contributed by atoms with Crippen LogP contribution in [0.3, 0.4) is 0 Å². The number of aromatic nitrogens is 1. The van der Waals surface area contributed by atoms with Crippen molar-refractivity contribution in [2.75, 3.05) is 6.54 Å². The van der Waals surface area contributed by atoms with Gasteiger partial charge in [0.1, 0.15) is 0 Å². The van der Waals surface area contributed by atoms with Crippen LogP contribution in [-0.2, 0) is 0 Å². The van der Waals surface area contributed by atoms with Gasteiger partial charge in [0.15, 0.2) is 0 Å². The van der Waals surface area contributed by atoms with Gasteiger partial charge in [0.25, 0.3) is 0 Å². The summed E-state index contributed by atoms with van der Waals surface area (Å²) in [7, 11) is 0. The first-order valence-corrected chi connectivity index (χ1v) is 5.24. The molecule has 0 spiro atoms. The second kappa shape index (κ2) is 3.98. The summed E-state index contributed by atoms with van der Waals surface area (Å²) < 4.78 is 1.09. The first-order chi connectivity index (χ1) is 6.83. The lowest BCUT2D eigenvalue weighted by molar-refractivity contribution is 1.26. The molecular formula is C11H11BrN2. The van der Waals surface area contributed by atoms with Gasteiger partial charge in [0, 0.05) is 22.6 Å². The zero-order chi connectivity index (χ0) is 9.97. The van der Waals surface area contributed by atoms with Gasteiger partial charge in [-0.15, -0.1) is 0 Å². The van der Waals surface area contributed by atoms with Crippen LogP contribution in [0.25, 0.3) is 17.0 Å². The third-order valence-corrected chi connectivity index (χ3v) is 2.79. The van der Waals surface area contributed by atoms with Crippen molar-refractivity contribution in [3.8, 4) is 0 Å². The largest absolute Gasteiger partial charge is 0.360 e. The second-order valence-corrected chi connectivity index (χ2v) is 3.90.